The number of carbonyl (C=O) groups is 1. The fourth-order valence-corrected chi connectivity index (χ4v) is 3.45. The number of ether oxygens (including phenoxy) is 1. The van der Waals surface area contributed by atoms with Crippen molar-refractivity contribution >= 4 is 28.9 Å². The molecule has 0 aromatic heterocycles. The van der Waals surface area contributed by atoms with E-state index in [1.54, 1.807) is 0 Å². The zero-order chi connectivity index (χ0) is 19.3. The van der Waals surface area contributed by atoms with Crippen molar-refractivity contribution in [3.63, 3.8) is 0 Å². The van der Waals surface area contributed by atoms with Gasteiger partial charge in [-0.3, -0.25) is 4.79 Å². The summed E-state index contributed by atoms with van der Waals surface area (Å²) in [4.78, 5) is 14.5. The summed E-state index contributed by atoms with van der Waals surface area (Å²) in [7, 11) is 0. The van der Waals surface area contributed by atoms with Crippen LogP contribution in [0.2, 0.25) is 5.02 Å². The monoisotopic (exact) mass is 392 g/mol. The lowest BCUT2D eigenvalue weighted by molar-refractivity contribution is -0.115. The van der Waals surface area contributed by atoms with Crippen molar-refractivity contribution in [3.8, 4) is 5.75 Å². The zero-order valence-electron chi connectivity index (χ0n) is 15.4. The van der Waals surface area contributed by atoms with Gasteiger partial charge in [0.25, 0.3) is 0 Å². The van der Waals surface area contributed by atoms with Crippen molar-refractivity contribution in [2.75, 3.05) is 23.3 Å². The summed E-state index contributed by atoms with van der Waals surface area (Å²) < 4.78 is 5.77. The van der Waals surface area contributed by atoms with Gasteiger partial charge in [0.2, 0.25) is 5.91 Å². The summed E-state index contributed by atoms with van der Waals surface area (Å²) in [6, 6.07) is 23.2. The van der Waals surface area contributed by atoms with Crippen LogP contribution >= 0.6 is 11.6 Å². The van der Waals surface area contributed by atoms with E-state index in [9.17, 15) is 4.79 Å². The molecule has 142 valence electrons. The molecule has 0 saturated heterocycles. The second-order valence-electron chi connectivity index (χ2n) is 6.79. The van der Waals surface area contributed by atoms with Gasteiger partial charge in [-0.15, -0.1) is 0 Å². The molecular weight excluding hydrogens is 372 g/mol. The van der Waals surface area contributed by atoms with E-state index in [-0.39, 0.29) is 5.91 Å². The van der Waals surface area contributed by atoms with Crippen LogP contribution in [0.25, 0.3) is 0 Å². The molecule has 4 nitrogen and oxygen atoms in total. The molecule has 5 heteroatoms. The number of para-hydroxylation sites is 1. The maximum atomic E-state index is 12.4. The number of nitrogens with zero attached hydrogens (tertiary/aromatic N) is 1. The molecule has 1 aliphatic heterocycles. The number of anilines is 2. The van der Waals surface area contributed by atoms with Gasteiger partial charge < -0.3 is 15.0 Å². The second-order valence-corrected chi connectivity index (χ2v) is 7.22. The van der Waals surface area contributed by atoms with E-state index in [1.807, 2.05) is 60.7 Å². The SMILES string of the molecule is O=C(CN1CCc2ccccc21)Nc1ccc(OCc2ccc(Cl)cc2)cc1. The van der Waals surface area contributed by atoms with Crippen LogP contribution in [0.3, 0.4) is 0 Å². The third kappa shape index (κ3) is 4.46. The Balaban J connectivity index is 1.29. The van der Waals surface area contributed by atoms with Gasteiger partial charge in [-0.05, 0) is 60.0 Å². The number of nitrogens with one attached hydrogen (secondary N) is 1. The normalized spacial score (nSPS) is 12.5. The first kappa shape index (κ1) is 18.4. The molecule has 0 fully saturated rings. The Morgan fingerprint density at radius 2 is 1.75 bits per heavy atom. The molecule has 28 heavy (non-hydrogen) atoms. The van der Waals surface area contributed by atoms with Gasteiger partial charge in [0.05, 0.1) is 6.54 Å². The Morgan fingerprint density at radius 3 is 2.54 bits per heavy atom. The third-order valence-electron chi connectivity index (χ3n) is 4.77. The number of carbonyl (C=O) groups excluding carboxylic acids is 1. The predicted molar refractivity (Wildman–Crippen MR) is 113 cm³/mol. The molecule has 0 bridgehead atoms. The molecule has 0 aliphatic carbocycles. The van der Waals surface area contributed by atoms with Crippen molar-refractivity contribution in [1.29, 1.82) is 0 Å². The number of halogens is 1. The Morgan fingerprint density at radius 1 is 1.00 bits per heavy atom. The van der Waals surface area contributed by atoms with Gasteiger partial charge in [-0.2, -0.15) is 0 Å². The number of hydrogen-bond donors (Lipinski definition) is 1. The van der Waals surface area contributed by atoms with E-state index in [2.05, 4.69) is 22.3 Å². The highest BCUT2D eigenvalue weighted by Crippen LogP contribution is 2.27. The number of benzene rings is 3. The van der Waals surface area contributed by atoms with Crippen molar-refractivity contribution in [1.82, 2.24) is 0 Å². The summed E-state index contributed by atoms with van der Waals surface area (Å²) in [5, 5.41) is 3.67. The predicted octanol–water partition coefficient (Wildman–Crippen LogP) is 4.92. The van der Waals surface area contributed by atoms with Gasteiger partial charge in [-0.25, -0.2) is 0 Å². The second kappa shape index (κ2) is 8.36. The molecule has 1 heterocycles. The summed E-state index contributed by atoms with van der Waals surface area (Å²) in [6.07, 6.45) is 0.989. The minimum Gasteiger partial charge on any atom is -0.489 e. The van der Waals surface area contributed by atoms with E-state index in [4.69, 9.17) is 16.3 Å². The number of rotatable bonds is 6. The molecule has 3 aromatic rings. The van der Waals surface area contributed by atoms with Gasteiger partial charge in [-0.1, -0.05) is 41.9 Å². The van der Waals surface area contributed by atoms with E-state index in [0.717, 1.165) is 35.7 Å². The zero-order valence-corrected chi connectivity index (χ0v) is 16.2. The van der Waals surface area contributed by atoms with Crippen molar-refractivity contribution in [2.24, 2.45) is 0 Å². The van der Waals surface area contributed by atoms with E-state index in [0.29, 0.717) is 18.2 Å². The van der Waals surface area contributed by atoms with Crippen LogP contribution in [-0.4, -0.2) is 19.0 Å². The third-order valence-corrected chi connectivity index (χ3v) is 5.03. The highest BCUT2D eigenvalue weighted by molar-refractivity contribution is 6.30. The van der Waals surface area contributed by atoms with Crippen LogP contribution in [-0.2, 0) is 17.8 Å². The van der Waals surface area contributed by atoms with E-state index < -0.39 is 0 Å². The molecule has 0 spiro atoms. The van der Waals surface area contributed by atoms with Crippen LogP contribution in [0.4, 0.5) is 11.4 Å². The Labute approximate surface area is 169 Å². The summed E-state index contributed by atoms with van der Waals surface area (Å²) in [5.74, 6) is 0.730. The maximum absolute atomic E-state index is 12.4. The Hall–Kier alpha value is -2.98. The van der Waals surface area contributed by atoms with Crippen LogP contribution in [0, 0.1) is 0 Å². The van der Waals surface area contributed by atoms with Gasteiger partial charge in [0.1, 0.15) is 12.4 Å². The smallest absolute Gasteiger partial charge is 0.243 e. The largest absolute Gasteiger partial charge is 0.489 e. The first-order chi connectivity index (χ1) is 13.7. The standard InChI is InChI=1S/C23H21ClN2O2/c24-19-7-5-17(6-8-19)16-28-21-11-9-20(10-12-21)25-23(27)15-26-14-13-18-3-1-2-4-22(18)26/h1-12H,13-16H2,(H,25,27). The van der Waals surface area contributed by atoms with Crippen LogP contribution in [0.5, 0.6) is 5.75 Å². The Bertz CT molecular complexity index is 955. The van der Waals surface area contributed by atoms with Crippen molar-refractivity contribution < 1.29 is 9.53 Å². The molecular formula is C23H21ClN2O2. The molecule has 1 amide bonds. The highest BCUT2D eigenvalue weighted by atomic mass is 35.5. The van der Waals surface area contributed by atoms with E-state index >= 15 is 0 Å². The van der Waals surface area contributed by atoms with Crippen molar-refractivity contribution in [2.45, 2.75) is 13.0 Å². The van der Waals surface area contributed by atoms with Gasteiger partial charge in [0.15, 0.2) is 0 Å². The first-order valence-corrected chi connectivity index (χ1v) is 9.65. The summed E-state index contributed by atoms with van der Waals surface area (Å²) >= 11 is 5.89. The lowest BCUT2D eigenvalue weighted by atomic mass is 10.2. The van der Waals surface area contributed by atoms with Crippen LogP contribution in [0.15, 0.2) is 72.8 Å². The van der Waals surface area contributed by atoms with Crippen molar-refractivity contribution in [3.05, 3.63) is 88.9 Å². The Kier molecular flexibility index (Phi) is 5.49. The minimum absolute atomic E-state index is 0.0217. The lowest BCUT2D eigenvalue weighted by Crippen LogP contribution is -2.31. The van der Waals surface area contributed by atoms with Crippen LogP contribution in [0.1, 0.15) is 11.1 Å². The molecule has 3 aromatic carbocycles. The van der Waals surface area contributed by atoms with E-state index in [1.165, 1.54) is 5.56 Å². The van der Waals surface area contributed by atoms with Crippen LogP contribution < -0.4 is 15.0 Å². The molecule has 0 radical (unpaired) electrons. The number of hydrogen-bond acceptors (Lipinski definition) is 3. The average Bonchev–Trinajstić information content (AvgIpc) is 3.11. The molecule has 0 saturated carbocycles. The first-order valence-electron chi connectivity index (χ1n) is 9.27. The highest BCUT2D eigenvalue weighted by Gasteiger charge is 2.20. The summed E-state index contributed by atoms with van der Waals surface area (Å²) in [6.45, 7) is 1.70. The molecule has 0 atom stereocenters. The van der Waals surface area contributed by atoms with Gasteiger partial charge in [0, 0.05) is 22.9 Å². The minimum atomic E-state index is -0.0217. The molecule has 1 aliphatic rings. The average molecular weight is 393 g/mol. The fourth-order valence-electron chi connectivity index (χ4n) is 3.33. The number of amides is 1. The molecule has 1 N–H and O–H groups in total. The van der Waals surface area contributed by atoms with Gasteiger partial charge >= 0.3 is 0 Å². The topological polar surface area (TPSA) is 41.6 Å². The number of fused-ring (bicyclic) bond motifs is 1. The molecule has 4 rings (SSSR count). The molecule has 0 unspecified atom stereocenters. The lowest BCUT2D eigenvalue weighted by Gasteiger charge is -2.18. The quantitative estimate of drug-likeness (QED) is 0.647. The fraction of sp³-hybridized carbons (Fsp3) is 0.174. The summed E-state index contributed by atoms with van der Waals surface area (Å²) in [5.41, 5.74) is 4.27. The maximum Gasteiger partial charge on any atom is 0.243 e.